The lowest BCUT2D eigenvalue weighted by atomic mass is 9.94. The fourth-order valence-corrected chi connectivity index (χ4v) is 3.81. The van der Waals surface area contributed by atoms with Crippen LogP contribution < -0.4 is 15.4 Å². The molecule has 0 saturated heterocycles. The minimum absolute atomic E-state index is 0.278. The summed E-state index contributed by atoms with van der Waals surface area (Å²) < 4.78 is 5.33. The van der Waals surface area contributed by atoms with Crippen LogP contribution in [0.25, 0.3) is 0 Å². The molecule has 1 aliphatic rings. The Morgan fingerprint density at radius 1 is 1.25 bits per heavy atom. The number of rotatable bonds is 4. The van der Waals surface area contributed by atoms with E-state index in [9.17, 15) is 4.79 Å². The monoisotopic (exact) mass is 435 g/mol. The van der Waals surface area contributed by atoms with Gasteiger partial charge in [0, 0.05) is 22.8 Å². The molecule has 1 heterocycles. The van der Waals surface area contributed by atoms with E-state index in [-0.39, 0.29) is 5.91 Å². The molecule has 0 fully saturated rings. The third kappa shape index (κ3) is 3.94. The van der Waals surface area contributed by atoms with Crippen LogP contribution in [0.5, 0.6) is 5.75 Å². The Morgan fingerprint density at radius 2 is 1.96 bits per heavy atom. The van der Waals surface area contributed by atoms with Crippen molar-refractivity contribution in [2.24, 2.45) is 0 Å². The van der Waals surface area contributed by atoms with Gasteiger partial charge in [-0.1, -0.05) is 41.4 Å². The maximum Gasteiger partial charge on any atom is 0.255 e. The van der Waals surface area contributed by atoms with E-state index in [4.69, 9.17) is 40.2 Å². The fourth-order valence-electron chi connectivity index (χ4n) is 3.04. The first-order chi connectivity index (χ1) is 13.3. The topological polar surface area (TPSA) is 53.6 Å². The summed E-state index contributed by atoms with van der Waals surface area (Å²) in [6, 6.07) is 11.9. The van der Waals surface area contributed by atoms with Gasteiger partial charge in [0.15, 0.2) is 5.11 Å². The Balaban J connectivity index is 2.05. The summed E-state index contributed by atoms with van der Waals surface area (Å²) in [7, 11) is 3.36. The van der Waals surface area contributed by atoms with Crippen LogP contribution in [0.1, 0.15) is 18.5 Å². The molecular formula is C20H19Cl2N3O2S. The lowest BCUT2D eigenvalue weighted by Gasteiger charge is -2.36. The first-order valence-electron chi connectivity index (χ1n) is 8.47. The van der Waals surface area contributed by atoms with Gasteiger partial charge in [-0.25, -0.2) is 0 Å². The number of nitrogens with zero attached hydrogens (tertiary/aromatic N) is 1. The van der Waals surface area contributed by atoms with Crippen molar-refractivity contribution < 1.29 is 9.53 Å². The lowest BCUT2D eigenvalue weighted by Crippen LogP contribution is -2.46. The van der Waals surface area contributed by atoms with Crippen molar-refractivity contribution in [3.05, 3.63) is 69.3 Å². The predicted octanol–water partition coefficient (Wildman–Crippen LogP) is 4.78. The van der Waals surface area contributed by atoms with Crippen LogP contribution in [0.15, 0.2) is 53.7 Å². The molecule has 5 nitrogen and oxygen atoms in total. The second kappa shape index (κ2) is 8.39. The zero-order valence-electron chi connectivity index (χ0n) is 15.5. The van der Waals surface area contributed by atoms with Crippen LogP contribution in [0.3, 0.4) is 0 Å². The highest BCUT2D eigenvalue weighted by atomic mass is 35.5. The molecule has 0 spiro atoms. The average Bonchev–Trinajstić information content (AvgIpc) is 2.66. The van der Waals surface area contributed by atoms with Crippen LogP contribution in [-0.4, -0.2) is 30.1 Å². The second-order valence-electron chi connectivity index (χ2n) is 6.26. The number of carbonyl (C=O) groups excluding carboxylic acids is 1. The number of benzene rings is 2. The van der Waals surface area contributed by atoms with Gasteiger partial charge in [0.2, 0.25) is 0 Å². The molecule has 1 atom stereocenters. The minimum atomic E-state index is -0.511. The number of nitrogens with one attached hydrogen (secondary N) is 2. The Bertz CT molecular complexity index is 978. The van der Waals surface area contributed by atoms with Crippen LogP contribution in [0.4, 0.5) is 5.69 Å². The summed E-state index contributed by atoms with van der Waals surface area (Å²) in [5.41, 5.74) is 2.52. The molecule has 0 aliphatic carbocycles. The van der Waals surface area contributed by atoms with E-state index in [0.717, 1.165) is 5.70 Å². The van der Waals surface area contributed by atoms with Gasteiger partial charge in [-0.05, 0) is 49.0 Å². The summed E-state index contributed by atoms with van der Waals surface area (Å²) in [6.07, 6.45) is 0. The molecule has 0 saturated carbocycles. The Morgan fingerprint density at radius 3 is 2.64 bits per heavy atom. The molecule has 0 bridgehead atoms. The van der Waals surface area contributed by atoms with Crippen molar-refractivity contribution in [3.63, 3.8) is 0 Å². The third-order valence-electron chi connectivity index (χ3n) is 4.63. The number of ether oxygens (including phenoxy) is 1. The molecular weight excluding hydrogens is 417 g/mol. The van der Waals surface area contributed by atoms with E-state index in [2.05, 4.69) is 10.6 Å². The number of methoxy groups -OCH3 is 1. The number of para-hydroxylation sites is 2. The first-order valence-corrected chi connectivity index (χ1v) is 9.64. The number of carbonyl (C=O) groups is 1. The number of hydrogen-bond acceptors (Lipinski definition) is 3. The molecule has 3 rings (SSSR count). The first kappa shape index (κ1) is 20.5. The van der Waals surface area contributed by atoms with Gasteiger partial charge < -0.3 is 20.3 Å². The van der Waals surface area contributed by atoms with Crippen LogP contribution in [-0.2, 0) is 4.79 Å². The molecule has 2 aromatic rings. The Kier molecular flexibility index (Phi) is 6.13. The second-order valence-corrected chi connectivity index (χ2v) is 7.49. The maximum atomic E-state index is 13.3. The zero-order valence-corrected chi connectivity index (χ0v) is 17.9. The summed E-state index contributed by atoms with van der Waals surface area (Å²) >= 11 is 17.9. The molecule has 2 aromatic carbocycles. The van der Waals surface area contributed by atoms with E-state index in [1.54, 1.807) is 49.4 Å². The molecule has 8 heteroatoms. The number of anilines is 1. The van der Waals surface area contributed by atoms with Gasteiger partial charge in [0.05, 0.1) is 24.4 Å². The largest absolute Gasteiger partial charge is 0.495 e. The Labute approximate surface area is 179 Å². The summed E-state index contributed by atoms with van der Waals surface area (Å²) in [6.45, 7) is 1.85. The lowest BCUT2D eigenvalue weighted by molar-refractivity contribution is -0.113. The van der Waals surface area contributed by atoms with Gasteiger partial charge in [-0.15, -0.1) is 0 Å². The molecule has 0 aromatic heterocycles. The molecule has 1 aliphatic heterocycles. The number of amides is 1. The highest BCUT2D eigenvalue weighted by Crippen LogP contribution is 2.36. The van der Waals surface area contributed by atoms with Crippen LogP contribution in [0, 0.1) is 0 Å². The average molecular weight is 436 g/mol. The van der Waals surface area contributed by atoms with Crippen molar-refractivity contribution in [1.29, 1.82) is 0 Å². The number of thiocarbonyl (C=S) groups is 1. The minimum Gasteiger partial charge on any atom is -0.495 e. The van der Waals surface area contributed by atoms with Crippen molar-refractivity contribution in [3.8, 4) is 5.75 Å². The highest BCUT2D eigenvalue weighted by Gasteiger charge is 2.33. The quantitative estimate of drug-likeness (QED) is 0.676. The molecule has 1 unspecified atom stereocenters. The molecule has 1 amide bonds. The van der Waals surface area contributed by atoms with Crippen molar-refractivity contribution in [1.82, 2.24) is 10.2 Å². The normalized spacial score (nSPS) is 16.7. The van der Waals surface area contributed by atoms with Gasteiger partial charge in [0.25, 0.3) is 5.91 Å². The standard InChI is InChI=1S/C20H19Cl2N3O2S/c1-11-17(19(26)23-15-6-4-5-7-16(15)27-3)18(24-20(28)25(11)2)13-9-8-12(21)10-14(13)22/h4-10,18H,1-3H3,(H,23,26)(H,24,28). The van der Waals surface area contributed by atoms with Crippen molar-refractivity contribution >= 4 is 52.1 Å². The third-order valence-corrected chi connectivity index (χ3v) is 5.58. The SMILES string of the molecule is COc1ccccc1NC(=O)C1=C(C)N(C)C(=S)NC1c1ccc(Cl)cc1Cl. The van der Waals surface area contributed by atoms with E-state index in [1.807, 2.05) is 19.1 Å². The number of hydrogen-bond donors (Lipinski definition) is 2. The maximum absolute atomic E-state index is 13.3. The smallest absolute Gasteiger partial charge is 0.255 e. The van der Waals surface area contributed by atoms with Gasteiger partial charge in [-0.3, -0.25) is 4.79 Å². The number of halogens is 2. The van der Waals surface area contributed by atoms with Crippen LogP contribution >= 0.6 is 35.4 Å². The van der Waals surface area contributed by atoms with Gasteiger partial charge >= 0.3 is 0 Å². The van der Waals surface area contributed by atoms with Crippen LogP contribution in [0.2, 0.25) is 10.0 Å². The van der Waals surface area contributed by atoms with Gasteiger partial charge in [0.1, 0.15) is 5.75 Å². The molecule has 146 valence electrons. The highest BCUT2D eigenvalue weighted by molar-refractivity contribution is 7.80. The van der Waals surface area contributed by atoms with E-state index in [1.165, 1.54) is 0 Å². The fraction of sp³-hybridized carbons (Fsp3) is 0.200. The predicted molar refractivity (Wildman–Crippen MR) is 117 cm³/mol. The zero-order chi connectivity index (χ0) is 20.4. The Hall–Kier alpha value is -2.28. The summed E-state index contributed by atoms with van der Waals surface area (Å²) in [5, 5.41) is 7.60. The molecule has 2 N–H and O–H groups in total. The van der Waals surface area contributed by atoms with E-state index >= 15 is 0 Å². The van der Waals surface area contributed by atoms with E-state index in [0.29, 0.717) is 37.7 Å². The summed E-state index contributed by atoms with van der Waals surface area (Å²) in [4.78, 5) is 15.0. The molecule has 28 heavy (non-hydrogen) atoms. The van der Waals surface area contributed by atoms with Crippen molar-refractivity contribution in [2.75, 3.05) is 19.5 Å². The van der Waals surface area contributed by atoms with Crippen molar-refractivity contribution in [2.45, 2.75) is 13.0 Å². The number of allylic oxidation sites excluding steroid dienone is 1. The van der Waals surface area contributed by atoms with Gasteiger partial charge in [-0.2, -0.15) is 0 Å². The summed E-state index contributed by atoms with van der Waals surface area (Å²) in [5.74, 6) is 0.294. The van der Waals surface area contributed by atoms with E-state index < -0.39 is 6.04 Å². The molecule has 0 radical (unpaired) electrons.